The van der Waals surface area contributed by atoms with Crippen molar-refractivity contribution in [1.82, 2.24) is 14.7 Å². The Hall–Kier alpha value is -3.89. The topological polar surface area (TPSA) is 71.6 Å². The van der Waals surface area contributed by atoms with Crippen LogP contribution in [-0.4, -0.2) is 33.0 Å². The van der Waals surface area contributed by atoms with Crippen LogP contribution in [0.25, 0.3) is 16.1 Å². The van der Waals surface area contributed by atoms with Crippen molar-refractivity contribution >= 4 is 34.8 Å². The Balaban J connectivity index is 1.54. The minimum atomic E-state index is -0.131. The van der Waals surface area contributed by atoms with Gasteiger partial charge in [-0.2, -0.15) is 5.10 Å². The smallest absolute Gasteiger partial charge is 0.272 e. The Bertz CT molecular complexity index is 1340. The second-order valence-corrected chi connectivity index (χ2v) is 8.90. The van der Waals surface area contributed by atoms with Gasteiger partial charge >= 0.3 is 0 Å². The maximum absolute atomic E-state index is 13.4. The summed E-state index contributed by atoms with van der Waals surface area (Å²) in [5.41, 5.74) is 3.99. The lowest BCUT2D eigenvalue weighted by molar-refractivity contribution is -0.115. The normalized spacial score (nSPS) is 18.6. The third kappa shape index (κ3) is 4.33. The number of fused-ring (bicyclic) bond motifs is 3. The number of nitrogens with one attached hydrogen (secondary N) is 1. The number of allylic oxidation sites excluding steroid dienone is 1. The van der Waals surface area contributed by atoms with Gasteiger partial charge in [0, 0.05) is 30.1 Å². The van der Waals surface area contributed by atoms with Crippen molar-refractivity contribution < 1.29 is 9.59 Å². The van der Waals surface area contributed by atoms with Crippen molar-refractivity contribution in [2.45, 2.75) is 31.8 Å². The highest BCUT2D eigenvalue weighted by Crippen LogP contribution is 2.34. The van der Waals surface area contributed by atoms with E-state index in [0.29, 0.717) is 40.9 Å². The first-order valence-electron chi connectivity index (χ1n) is 11.1. The second kappa shape index (κ2) is 9.16. The van der Waals surface area contributed by atoms with Gasteiger partial charge in [0.1, 0.15) is 5.69 Å². The van der Waals surface area contributed by atoms with E-state index in [0.717, 1.165) is 24.0 Å². The van der Waals surface area contributed by atoms with Crippen molar-refractivity contribution in [2.24, 2.45) is 0 Å². The Morgan fingerprint density at radius 1 is 1.12 bits per heavy atom. The van der Waals surface area contributed by atoms with Crippen LogP contribution in [0.2, 0.25) is 5.02 Å². The van der Waals surface area contributed by atoms with Crippen LogP contribution < -0.4 is 5.32 Å². The monoisotopic (exact) mass is 471 g/mol. The molecule has 0 spiro atoms. The van der Waals surface area contributed by atoms with Gasteiger partial charge in [-0.25, -0.2) is 4.85 Å². The summed E-state index contributed by atoms with van der Waals surface area (Å²) >= 11 is 6.20. The third-order valence-corrected chi connectivity index (χ3v) is 6.36. The number of hydrogen-bond acceptors (Lipinski definition) is 3. The highest BCUT2D eigenvalue weighted by atomic mass is 35.5. The van der Waals surface area contributed by atoms with Crippen molar-refractivity contribution in [1.29, 1.82) is 0 Å². The predicted molar refractivity (Wildman–Crippen MR) is 131 cm³/mol. The van der Waals surface area contributed by atoms with E-state index in [-0.39, 0.29) is 24.3 Å². The number of carbonyl (C=O) groups is 2. The molecule has 1 aromatic heterocycles. The van der Waals surface area contributed by atoms with Crippen LogP contribution in [0, 0.1) is 6.57 Å². The quantitative estimate of drug-likeness (QED) is 0.389. The van der Waals surface area contributed by atoms with E-state index in [1.807, 2.05) is 39.9 Å². The molecule has 1 atom stereocenters. The Kier molecular flexibility index (Phi) is 5.91. The minimum Gasteiger partial charge on any atom is -0.331 e. The van der Waals surface area contributed by atoms with Gasteiger partial charge in [-0.05, 0) is 42.7 Å². The highest BCUT2D eigenvalue weighted by Gasteiger charge is 2.33. The zero-order valence-electron chi connectivity index (χ0n) is 18.4. The molecule has 3 heterocycles. The number of carbonyl (C=O) groups excluding carboxylic acids is 2. The maximum Gasteiger partial charge on any atom is 0.272 e. The molecule has 1 N–H and O–H groups in total. The first-order valence-corrected chi connectivity index (χ1v) is 11.5. The molecule has 0 fully saturated rings. The molecule has 2 bridgehead atoms. The molecular weight excluding hydrogens is 450 g/mol. The highest BCUT2D eigenvalue weighted by molar-refractivity contribution is 6.31. The summed E-state index contributed by atoms with van der Waals surface area (Å²) in [6.45, 7) is 8.13. The van der Waals surface area contributed by atoms with E-state index in [2.05, 4.69) is 10.2 Å². The molecule has 8 heteroatoms. The first kappa shape index (κ1) is 21.9. The Labute approximate surface area is 202 Å². The van der Waals surface area contributed by atoms with Gasteiger partial charge in [-0.15, -0.1) is 0 Å². The van der Waals surface area contributed by atoms with Crippen LogP contribution >= 0.6 is 11.6 Å². The van der Waals surface area contributed by atoms with Crippen molar-refractivity contribution in [3.8, 4) is 11.3 Å². The number of rotatable bonds is 2. The van der Waals surface area contributed by atoms with E-state index >= 15 is 0 Å². The molecule has 2 aromatic carbocycles. The van der Waals surface area contributed by atoms with E-state index in [9.17, 15) is 9.59 Å². The fourth-order valence-corrected chi connectivity index (χ4v) is 4.60. The first-order chi connectivity index (χ1) is 16.5. The fourth-order valence-electron chi connectivity index (χ4n) is 4.43. The zero-order valence-corrected chi connectivity index (χ0v) is 19.1. The molecule has 0 aliphatic carbocycles. The van der Waals surface area contributed by atoms with Crippen LogP contribution in [-0.2, 0) is 11.3 Å². The summed E-state index contributed by atoms with van der Waals surface area (Å²) in [6.07, 6.45) is 5.72. The molecular formula is C26H22ClN5O2. The number of halogens is 1. The largest absolute Gasteiger partial charge is 0.331 e. The van der Waals surface area contributed by atoms with E-state index in [1.54, 1.807) is 30.3 Å². The lowest BCUT2D eigenvalue weighted by Gasteiger charge is -2.33. The summed E-state index contributed by atoms with van der Waals surface area (Å²) in [4.78, 5) is 31.1. The minimum absolute atomic E-state index is 0.00813. The van der Waals surface area contributed by atoms with Crippen LogP contribution in [0.3, 0.4) is 0 Å². The number of nitrogens with zero attached hydrogens (tertiary/aromatic N) is 4. The number of benzene rings is 2. The number of amides is 2. The molecule has 170 valence electrons. The summed E-state index contributed by atoms with van der Waals surface area (Å²) in [6, 6.07) is 14.4. The molecule has 5 rings (SSSR count). The molecule has 2 amide bonds. The van der Waals surface area contributed by atoms with Crippen LogP contribution in [0.4, 0.5) is 11.4 Å². The summed E-state index contributed by atoms with van der Waals surface area (Å²) in [7, 11) is 0. The fraction of sp³-hybridized carbons (Fsp3) is 0.231. The molecule has 7 nitrogen and oxygen atoms in total. The van der Waals surface area contributed by atoms with Gasteiger partial charge < -0.3 is 10.2 Å². The molecule has 2 aliphatic heterocycles. The van der Waals surface area contributed by atoms with Gasteiger partial charge in [0.15, 0.2) is 5.69 Å². The second-order valence-electron chi connectivity index (χ2n) is 8.47. The molecule has 3 aromatic rings. The molecule has 0 saturated heterocycles. The Morgan fingerprint density at radius 2 is 1.94 bits per heavy atom. The van der Waals surface area contributed by atoms with Gasteiger partial charge in [-0.3, -0.25) is 14.3 Å². The van der Waals surface area contributed by atoms with Crippen LogP contribution in [0.5, 0.6) is 0 Å². The summed E-state index contributed by atoms with van der Waals surface area (Å²) < 4.78 is 1.84. The molecule has 0 radical (unpaired) electrons. The van der Waals surface area contributed by atoms with Crippen LogP contribution in [0.1, 0.15) is 41.4 Å². The van der Waals surface area contributed by atoms with Crippen molar-refractivity contribution in [3.05, 3.63) is 88.4 Å². The van der Waals surface area contributed by atoms with Gasteiger partial charge in [0.2, 0.25) is 5.91 Å². The van der Waals surface area contributed by atoms with Gasteiger partial charge in [0.25, 0.3) is 5.91 Å². The molecule has 0 saturated carbocycles. The standard InChI is InChI=1S/C26H22ClN5O2/c1-28-19-10-7-17(8-11-19)15-31-16-20-5-3-2-4-6-25(33)29-22-13-18(27)9-12-21(22)23-14-24(26(31)34)32(20)30-23/h2,4,7-14,20H,3,5-6,15-16H2,(H,29,33)/b4-2+. The lowest BCUT2D eigenvalue weighted by Crippen LogP contribution is -2.42. The average Bonchev–Trinajstić information content (AvgIpc) is 3.27. The van der Waals surface area contributed by atoms with Crippen molar-refractivity contribution in [3.63, 3.8) is 0 Å². The van der Waals surface area contributed by atoms with Crippen molar-refractivity contribution in [2.75, 3.05) is 11.9 Å². The maximum atomic E-state index is 13.4. The zero-order chi connectivity index (χ0) is 23.7. The van der Waals surface area contributed by atoms with Crippen LogP contribution in [0.15, 0.2) is 60.7 Å². The number of anilines is 1. The average molecular weight is 472 g/mol. The SMILES string of the molecule is [C-]#[N+]c1ccc(CN2CC3CC/C=C/CC(=O)Nc4cc(Cl)ccc4-c4cc(n3n4)C2=O)cc1. The molecule has 34 heavy (non-hydrogen) atoms. The summed E-state index contributed by atoms with van der Waals surface area (Å²) in [5, 5.41) is 8.24. The molecule has 1 unspecified atom stereocenters. The van der Waals surface area contributed by atoms with Gasteiger partial charge in [-0.1, -0.05) is 48.0 Å². The lowest BCUT2D eigenvalue weighted by atomic mass is 10.0. The summed E-state index contributed by atoms with van der Waals surface area (Å²) in [5.74, 6) is -0.222. The number of aromatic nitrogens is 2. The van der Waals surface area contributed by atoms with E-state index in [4.69, 9.17) is 23.3 Å². The van der Waals surface area contributed by atoms with E-state index < -0.39 is 0 Å². The molecule has 2 aliphatic rings. The van der Waals surface area contributed by atoms with Gasteiger partial charge in [0.05, 0.1) is 24.0 Å². The third-order valence-electron chi connectivity index (χ3n) is 6.13. The Morgan fingerprint density at radius 3 is 2.74 bits per heavy atom. The number of hydrogen-bond donors (Lipinski definition) is 1. The van der Waals surface area contributed by atoms with E-state index in [1.165, 1.54) is 0 Å². The predicted octanol–water partition coefficient (Wildman–Crippen LogP) is 5.63.